The SMILES string of the molecule is O=c1oc2ccc(O)c(C(F)(F)F)c2c2ccccc12. The molecule has 0 unspecified atom stereocenters. The molecule has 0 saturated carbocycles. The van der Waals surface area contributed by atoms with Crippen molar-refractivity contribution in [2.75, 3.05) is 0 Å². The van der Waals surface area contributed by atoms with Crippen molar-refractivity contribution in [2.45, 2.75) is 6.18 Å². The molecule has 6 heteroatoms. The fraction of sp³-hybridized carbons (Fsp3) is 0.0714. The highest BCUT2D eigenvalue weighted by atomic mass is 19.4. The molecule has 0 fully saturated rings. The second kappa shape index (κ2) is 4.00. The van der Waals surface area contributed by atoms with Gasteiger partial charge in [-0.1, -0.05) is 18.2 Å². The standard InChI is InChI=1S/C14H7F3O3/c15-14(16,17)12-9(18)5-6-10-11(12)7-3-1-2-4-8(7)13(19)20-10/h1-6,18H. The Morgan fingerprint density at radius 3 is 2.30 bits per heavy atom. The Hall–Kier alpha value is -2.50. The van der Waals surface area contributed by atoms with E-state index >= 15 is 0 Å². The molecule has 0 atom stereocenters. The molecule has 2 aromatic carbocycles. The van der Waals surface area contributed by atoms with Gasteiger partial charge in [0.1, 0.15) is 16.9 Å². The highest BCUT2D eigenvalue weighted by Gasteiger charge is 2.37. The molecule has 3 aromatic rings. The molecule has 0 bridgehead atoms. The topological polar surface area (TPSA) is 50.4 Å². The van der Waals surface area contributed by atoms with E-state index in [1.54, 1.807) is 0 Å². The number of aromatic hydroxyl groups is 1. The number of rotatable bonds is 0. The van der Waals surface area contributed by atoms with Crippen molar-refractivity contribution in [3.63, 3.8) is 0 Å². The lowest BCUT2D eigenvalue weighted by molar-refractivity contribution is -0.137. The summed E-state index contributed by atoms with van der Waals surface area (Å²) in [6.07, 6.45) is -4.76. The summed E-state index contributed by atoms with van der Waals surface area (Å²) in [6, 6.07) is 7.83. The van der Waals surface area contributed by atoms with Crippen LogP contribution in [-0.2, 0) is 6.18 Å². The predicted octanol–water partition coefficient (Wildman–Crippen LogP) is 3.67. The van der Waals surface area contributed by atoms with Crippen molar-refractivity contribution in [3.8, 4) is 5.75 Å². The summed E-state index contributed by atoms with van der Waals surface area (Å²) in [5.74, 6) is -0.899. The van der Waals surface area contributed by atoms with Crippen LogP contribution in [0.15, 0.2) is 45.6 Å². The normalized spacial score (nSPS) is 12.2. The second-order valence-corrected chi connectivity index (χ2v) is 4.27. The molecule has 1 aromatic heterocycles. The minimum Gasteiger partial charge on any atom is -0.507 e. The Morgan fingerprint density at radius 1 is 1.00 bits per heavy atom. The summed E-state index contributed by atoms with van der Waals surface area (Å²) in [7, 11) is 0. The third-order valence-electron chi connectivity index (χ3n) is 3.05. The van der Waals surface area contributed by atoms with Crippen LogP contribution in [0.5, 0.6) is 5.75 Å². The van der Waals surface area contributed by atoms with Crippen LogP contribution in [0, 0.1) is 0 Å². The molecule has 3 nitrogen and oxygen atoms in total. The Labute approximate surface area is 109 Å². The van der Waals surface area contributed by atoms with Gasteiger partial charge in [-0.3, -0.25) is 0 Å². The Bertz CT molecular complexity index is 878. The molecule has 102 valence electrons. The Balaban J connectivity index is 2.66. The van der Waals surface area contributed by atoms with Crippen molar-refractivity contribution < 1.29 is 22.7 Å². The van der Waals surface area contributed by atoms with E-state index in [1.165, 1.54) is 24.3 Å². The van der Waals surface area contributed by atoms with Gasteiger partial charge < -0.3 is 9.52 Å². The molecule has 1 N–H and O–H groups in total. The zero-order chi connectivity index (χ0) is 14.5. The monoisotopic (exact) mass is 280 g/mol. The number of halogens is 3. The highest BCUT2D eigenvalue weighted by molar-refractivity contribution is 6.07. The Kier molecular flexibility index (Phi) is 2.50. The van der Waals surface area contributed by atoms with Crippen molar-refractivity contribution >= 4 is 21.7 Å². The van der Waals surface area contributed by atoms with E-state index in [-0.39, 0.29) is 21.7 Å². The first-order valence-corrected chi connectivity index (χ1v) is 5.64. The van der Waals surface area contributed by atoms with Gasteiger partial charge in [-0.25, -0.2) is 4.79 Å². The van der Waals surface area contributed by atoms with Crippen LogP contribution in [0.4, 0.5) is 13.2 Å². The third kappa shape index (κ3) is 1.72. The molecule has 20 heavy (non-hydrogen) atoms. The second-order valence-electron chi connectivity index (χ2n) is 4.27. The van der Waals surface area contributed by atoms with E-state index in [9.17, 15) is 23.1 Å². The van der Waals surface area contributed by atoms with Crippen LogP contribution in [0.1, 0.15) is 5.56 Å². The average molecular weight is 280 g/mol. The van der Waals surface area contributed by atoms with E-state index in [0.29, 0.717) is 0 Å². The first-order valence-electron chi connectivity index (χ1n) is 5.64. The molecule has 0 amide bonds. The third-order valence-corrected chi connectivity index (χ3v) is 3.05. The molecule has 0 aliphatic rings. The fourth-order valence-corrected chi connectivity index (χ4v) is 2.25. The number of phenols is 1. The van der Waals surface area contributed by atoms with Crippen LogP contribution < -0.4 is 5.63 Å². The van der Waals surface area contributed by atoms with Crippen molar-refractivity contribution in [1.29, 1.82) is 0 Å². The Morgan fingerprint density at radius 2 is 1.65 bits per heavy atom. The molecule has 0 saturated heterocycles. The quantitative estimate of drug-likeness (QED) is 0.505. The molecule has 0 radical (unpaired) electrons. The van der Waals surface area contributed by atoms with Gasteiger partial charge in [0.2, 0.25) is 0 Å². The molecular formula is C14H7F3O3. The van der Waals surface area contributed by atoms with Gasteiger partial charge in [-0.2, -0.15) is 13.2 Å². The van der Waals surface area contributed by atoms with Crippen LogP contribution in [0.25, 0.3) is 21.7 Å². The average Bonchev–Trinajstić information content (AvgIpc) is 2.38. The van der Waals surface area contributed by atoms with Crippen LogP contribution in [0.2, 0.25) is 0 Å². The van der Waals surface area contributed by atoms with Crippen LogP contribution in [-0.4, -0.2) is 5.11 Å². The molecular weight excluding hydrogens is 273 g/mol. The molecule has 0 aliphatic heterocycles. The maximum atomic E-state index is 13.1. The fourth-order valence-electron chi connectivity index (χ4n) is 2.25. The maximum absolute atomic E-state index is 13.1. The minimum atomic E-state index is -4.76. The number of alkyl halides is 3. The lowest BCUT2D eigenvalue weighted by Gasteiger charge is -2.13. The number of hydrogen-bond donors (Lipinski definition) is 1. The zero-order valence-electron chi connectivity index (χ0n) is 9.86. The highest BCUT2D eigenvalue weighted by Crippen LogP contribution is 2.42. The van der Waals surface area contributed by atoms with Crippen LogP contribution in [0.3, 0.4) is 0 Å². The largest absolute Gasteiger partial charge is 0.507 e. The van der Waals surface area contributed by atoms with Gasteiger partial charge in [-0.15, -0.1) is 0 Å². The predicted molar refractivity (Wildman–Crippen MR) is 66.7 cm³/mol. The van der Waals surface area contributed by atoms with Gasteiger partial charge in [0, 0.05) is 10.8 Å². The maximum Gasteiger partial charge on any atom is 0.420 e. The minimum absolute atomic E-state index is 0.0381. The van der Waals surface area contributed by atoms with E-state index < -0.39 is 23.1 Å². The summed E-state index contributed by atoms with van der Waals surface area (Å²) in [5, 5.41) is 9.36. The number of benzene rings is 2. The summed E-state index contributed by atoms with van der Waals surface area (Å²) in [5.41, 5.74) is -2.12. The number of phenolic OH excluding ortho intramolecular Hbond substituents is 1. The van der Waals surface area contributed by atoms with E-state index in [1.807, 2.05) is 0 Å². The smallest absolute Gasteiger partial charge is 0.420 e. The molecule has 3 rings (SSSR count). The number of hydrogen-bond acceptors (Lipinski definition) is 3. The van der Waals surface area contributed by atoms with Crippen molar-refractivity contribution in [1.82, 2.24) is 0 Å². The van der Waals surface area contributed by atoms with E-state index in [4.69, 9.17) is 4.42 Å². The van der Waals surface area contributed by atoms with Crippen molar-refractivity contribution in [3.05, 3.63) is 52.4 Å². The van der Waals surface area contributed by atoms with Gasteiger partial charge >= 0.3 is 11.8 Å². The van der Waals surface area contributed by atoms with Crippen LogP contribution >= 0.6 is 0 Å². The first-order chi connectivity index (χ1) is 9.39. The number of fused-ring (bicyclic) bond motifs is 3. The van der Waals surface area contributed by atoms with E-state index in [2.05, 4.69) is 0 Å². The first kappa shape index (κ1) is 12.5. The molecule has 0 aliphatic carbocycles. The van der Waals surface area contributed by atoms with Gasteiger partial charge in [0.25, 0.3) is 0 Å². The lowest BCUT2D eigenvalue weighted by atomic mass is 10.0. The van der Waals surface area contributed by atoms with Gasteiger partial charge in [0.15, 0.2) is 0 Å². The van der Waals surface area contributed by atoms with Gasteiger partial charge in [0.05, 0.1) is 5.39 Å². The molecule has 1 heterocycles. The zero-order valence-corrected chi connectivity index (χ0v) is 9.86. The summed E-state index contributed by atoms with van der Waals surface area (Å²) >= 11 is 0. The molecule has 0 spiro atoms. The summed E-state index contributed by atoms with van der Waals surface area (Å²) in [6.45, 7) is 0. The summed E-state index contributed by atoms with van der Waals surface area (Å²) in [4.78, 5) is 11.7. The van der Waals surface area contributed by atoms with E-state index in [0.717, 1.165) is 12.1 Å². The summed E-state index contributed by atoms with van der Waals surface area (Å²) < 4.78 is 44.3. The van der Waals surface area contributed by atoms with Crippen molar-refractivity contribution in [2.24, 2.45) is 0 Å². The lowest BCUT2D eigenvalue weighted by Crippen LogP contribution is -2.08. The van der Waals surface area contributed by atoms with Gasteiger partial charge in [-0.05, 0) is 18.2 Å².